The Balaban J connectivity index is 1.98. The van der Waals surface area contributed by atoms with Crippen molar-refractivity contribution in [3.05, 3.63) is 16.3 Å². The number of carbonyl (C=O) groups excluding carboxylic acids is 1. The first-order chi connectivity index (χ1) is 8.08. The lowest BCUT2D eigenvalue weighted by atomic mass is 9.78. The van der Waals surface area contributed by atoms with E-state index >= 15 is 0 Å². The van der Waals surface area contributed by atoms with Gasteiger partial charge in [-0.25, -0.2) is 0 Å². The van der Waals surface area contributed by atoms with Gasteiger partial charge >= 0.3 is 0 Å². The van der Waals surface area contributed by atoms with Gasteiger partial charge in [0.15, 0.2) is 0 Å². The van der Waals surface area contributed by atoms with Gasteiger partial charge in [-0.1, -0.05) is 26.7 Å². The third-order valence-electron chi connectivity index (χ3n) is 3.83. The molecule has 1 heterocycles. The highest BCUT2D eigenvalue weighted by Gasteiger charge is 2.28. The maximum atomic E-state index is 12.0. The lowest BCUT2D eigenvalue weighted by Crippen LogP contribution is -2.43. The van der Waals surface area contributed by atoms with Crippen LogP contribution in [0.1, 0.15) is 42.8 Å². The van der Waals surface area contributed by atoms with Crippen LogP contribution in [0, 0.1) is 11.8 Å². The Labute approximate surface area is 112 Å². The lowest BCUT2D eigenvalue weighted by Gasteiger charge is -2.34. The van der Waals surface area contributed by atoms with Crippen molar-refractivity contribution in [2.75, 3.05) is 0 Å². The SMILES string of the molecule is CC1CCCC(NC(=O)c2cc(S)cs2)C1C. The summed E-state index contributed by atoms with van der Waals surface area (Å²) < 4.78 is 0. The molecule has 1 aromatic rings. The summed E-state index contributed by atoms with van der Waals surface area (Å²) in [6.07, 6.45) is 3.61. The highest BCUT2D eigenvalue weighted by molar-refractivity contribution is 7.80. The van der Waals surface area contributed by atoms with E-state index in [-0.39, 0.29) is 5.91 Å². The van der Waals surface area contributed by atoms with E-state index in [0.717, 1.165) is 16.2 Å². The minimum absolute atomic E-state index is 0.0567. The van der Waals surface area contributed by atoms with E-state index < -0.39 is 0 Å². The summed E-state index contributed by atoms with van der Waals surface area (Å²) in [6.45, 7) is 4.52. The Kier molecular flexibility index (Phi) is 4.15. The van der Waals surface area contributed by atoms with Crippen LogP contribution in [0.2, 0.25) is 0 Å². The zero-order chi connectivity index (χ0) is 12.4. The normalized spacial score (nSPS) is 29.0. The summed E-state index contributed by atoms with van der Waals surface area (Å²) in [6, 6.07) is 2.16. The van der Waals surface area contributed by atoms with E-state index in [1.807, 2.05) is 11.4 Å². The second-order valence-corrected chi connectivity index (χ2v) is 6.44. The first-order valence-corrected chi connectivity index (χ1v) is 7.49. The van der Waals surface area contributed by atoms with E-state index in [2.05, 4.69) is 31.8 Å². The molecule has 1 aliphatic rings. The number of rotatable bonds is 2. The molecule has 4 heteroatoms. The van der Waals surface area contributed by atoms with E-state index in [1.165, 1.54) is 24.2 Å². The number of carbonyl (C=O) groups is 1. The predicted molar refractivity (Wildman–Crippen MR) is 75.0 cm³/mol. The largest absolute Gasteiger partial charge is 0.348 e. The number of amides is 1. The third-order valence-corrected chi connectivity index (χ3v) is 5.19. The number of thiol groups is 1. The van der Waals surface area contributed by atoms with Gasteiger partial charge in [0.1, 0.15) is 0 Å². The fraction of sp³-hybridized carbons (Fsp3) is 0.615. The van der Waals surface area contributed by atoms with Crippen molar-refractivity contribution < 1.29 is 4.79 Å². The number of hydrogen-bond acceptors (Lipinski definition) is 3. The van der Waals surface area contributed by atoms with E-state index in [9.17, 15) is 4.79 Å². The van der Waals surface area contributed by atoms with Gasteiger partial charge in [0.05, 0.1) is 4.88 Å². The Morgan fingerprint density at radius 2 is 2.24 bits per heavy atom. The Morgan fingerprint density at radius 1 is 1.47 bits per heavy atom. The van der Waals surface area contributed by atoms with Gasteiger partial charge in [0, 0.05) is 16.3 Å². The highest BCUT2D eigenvalue weighted by atomic mass is 32.1. The average molecular weight is 269 g/mol. The van der Waals surface area contributed by atoms with Crippen molar-refractivity contribution in [1.29, 1.82) is 0 Å². The van der Waals surface area contributed by atoms with Crippen LogP contribution in [0.15, 0.2) is 16.3 Å². The molecule has 17 heavy (non-hydrogen) atoms. The van der Waals surface area contributed by atoms with Gasteiger partial charge in [0.2, 0.25) is 0 Å². The van der Waals surface area contributed by atoms with Crippen LogP contribution in [0.3, 0.4) is 0 Å². The Morgan fingerprint density at radius 3 is 2.88 bits per heavy atom. The molecule has 1 aromatic heterocycles. The maximum Gasteiger partial charge on any atom is 0.261 e. The molecule has 0 aromatic carbocycles. The standard InChI is InChI=1S/C13H19NOS2/c1-8-4-3-5-11(9(8)2)14-13(15)12-6-10(16)7-17-12/h6-9,11,16H,3-5H2,1-2H3,(H,14,15). The zero-order valence-electron chi connectivity index (χ0n) is 10.3. The van der Waals surface area contributed by atoms with Crippen LogP contribution in [0.25, 0.3) is 0 Å². The van der Waals surface area contributed by atoms with Gasteiger partial charge in [-0.3, -0.25) is 4.79 Å². The first-order valence-electron chi connectivity index (χ1n) is 6.16. The van der Waals surface area contributed by atoms with Gasteiger partial charge in [0.25, 0.3) is 5.91 Å². The second-order valence-electron chi connectivity index (χ2n) is 5.02. The summed E-state index contributed by atoms with van der Waals surface area (Å²) in [5.74, 6) is 1.34. The van der Waals surface area contributed by atoms with Crippen molar-refractivity contribution in [3.8, 4) is 0 Å². The summed E-state index contributed by atoms with van der Waals surface area (Å²) in [5, 5.41) is 5.06. The van der Waals surface area contributed by atoms with Crippen molar-refractivity contribution in [3.63, 3.8) is 0 Å². The number of hydrogen-bond donors (Lipinski definition) is 2. The topological polar surface area (TPSA) is 29.1 Å². The fourth-order valence-corrected chi connectivity index (χ4v) is 3.52. The van der Waals surface area contributed by atoms with Crippen LogP contribution >= 0.6 is 24.0 Å². The van der Waals surface area contributed by atoms with Crippen molar-refractivity contribution in [2.45, 2.75) is 44.0 Å². The predicted octanol–water partition coefficient (Wildman–Crippen LogP) is 3.59. The first kappa shape index (κ1) is 13.0. The molecule has 0 spiro atoms. The molecule has 0 bridgehead atoms. The van der Waals surface area contributed by atoms with Crippen LogP contribution in [-0.2, 0) is 0 Å². The molecular weight excluding hydrogens is 250 g/mol. The van der Waals surface area contributed by atoms with Crippen LogP contribution in [-0.4, -0.2) is 11.9 Å². The molecule has 94 valence electrons. The lowest BCUT2D eigenvalue weighted by molar-refractivity contribution is 0.0895. The molecule has 1 saturated carbocycles. The van der Waals surface area contributed by atoms with Gasteiger partial charge < -0.3 is 5.32 Å². The maximum absolute atomic E-state index is 12.0. The summed E-state index contributed by atoms with van der Waals surface area (Å²) in [5.41, 5.74) is 0. The van der Waals surface area contributed by atoms with Crippen molar-refractivity contribution in [1.82, 2.24) is 5.32 Å². The molecule has 2 rings (SSSR count). The third kappa shape index (κ3) is 3.05. The van der Waals surface area contributed by atoms with Crippen molar-refractivity contribution in [2.24, 2.45) is 11.8 Å². The van der Waals surface area contributed by atoms with Gasteiger partial charge in [-0.05, 0) is 24.3 Å². The number of thiophene rings is 1. The van der Waals surface area contributed by atoms with Crippen LogP contribution in [0.5, 0.6) is 0 Å². The minimum atomic E-state index is 0.0567. The molecule has 1 amide bonds. The molecule has 3 unspecified atom stereocenters. The second kappa shape index (κ2) is 5.44. The smallest absolute Gasteiger partial charge is 0.261 e. The van der Waals surface area contributed by atoms with E-state index in [4.69, 9.17) is 0 Å². The number of nitrogens with one attached hydrogen (secondary N) is 1. The molecule has 1 N–H and O–H groups in total. The van der Waals surface area contributed by atoms with Gasteiger partial charge in [-0.15, -0.1) is 24.0 Å². The van der Waals surface area contributed by atoms with Crippen LogP contribution < -0.4 is 5.32 Å². The molecular formula is C13H19NOS2. The molecule has 3 atom stereocenters. The monoisotopic (exact) mass is 269 g/mol. The van der Waals surface area contributed by atoms with Crippen LogP contribution in [0.4, 0.5) is 0 Å². The molecule has 0 aliphatic heterocycles. The zero-order valence-corrected chi connectivity index (χ0v) is 12.0. The quantitative estimate of drug-likeness (QED) is 0.789. The Hall–Kier alpha value is -0.480. The Bertz CT molecular complexity index is 402. The highest BCUT2D eigenvalue weighted by Crippen LogP contribution is 2.30. The van der Waals surface area contributed by atoms with Gasteiger partial charge in [-0.2, -0.15) is 0 Å². The summed E-state index contributed by atoms with van der Waals surface area (Å²) >= 11 is 5.69. The van der Waals surface area contributed by atoms with E-state index in [0.29, 0.717) is 17.9 Å². The molecule has 1 aliphatic carbocycles. The summed E-state index contributed by atoms with van der Waals surface area (Å²) in [4.78, 5) is 13.7. The fourth-order valence-electron chi connectivity index (χ4n) is 2.47. The average Bonchev–Trinajstić information content (AvgIpc) is 2.72. The summed E-state index contributed by atoms with van der Waals surface area (Å²) in [7, 11) is 0. The minimum Gasteiger partial charge on any atom is -0.348 e. The molecule has 1 fully saturated rings. The molecule has 2 nitrogen and oxygen atoms in total. The van der Waals surface area contributed by atoms with Crippen molar-refractivity contribution >= 4 is 29.9 Å². The van der Waals surface area contributed by atoms with E-state index in [1.54, 1.807) is 0 Å². The molecule has 0 radical (unpaired) electrons. The molecule has 0 saturated heterocycles.